The van der Waals surface area contributed by atoms with Gasteiger partial charge in [0.15, 0.2) is 0 Å². The van der Waals surface area contributed by atoms with Gasteiger partial charge >= 0.3 is 0 Å². The molecule has 0 saturated heterocycles. The van der Waals surface area contributed by atoms with E-state index in [1.54, 1.807) is 6.07 Å². The number of aromatic nitrogens is 1. The van der Waals surface area contributed by atoms with Crippen molar-refractivity contribution in [3.05, 3.63) is 35.3 Å². The molecule has 84 valence electrons. The van der Waals surface area contributed by atoms with Crippen LogP contribution < -0.4 is 5.73 Å². The van der Waals surface area contributed by atoms with Crippen molar-refractivity contribution in [1.82, 2.24) is 4.57 Å². The molecule has 1 heterocycles. The zero-order valence-electron chi connectivity index (χ0n) is 9.33. The first kappa shape index (κ1) is 9.85. The molecule has 1 saturated carbocycles. The van der Waals surface area contributed by atoms with Crippen LogP contribution in [0.5, 0.6) is 0 Å². The number of hydrogen-bond donors (Lipinski definition) is 1. The topological polar surface area (TPSA) is 30.9 Å². The Hall–Kier alpha value is -1.35. The van der Waals surface area contributed by atoms with E-state index in [1.165, 1.54) is 24.5 Å². The van der Waals surface area contributed by atoms with Gasteiger partial charge in [-0.2, -0.15) is 0 Å². The largest absolute Gasteiger partial charge is 0.346 e. The van der Waals surface area contributed by atoms with Crippen molar-refractivity contribution >= 4 is 10.9 Å². The number of hydrogen-bond acceptors (Lipinski definition) is 1. The summed E-state index contributed by atoms with van der Waals surface area (Å²) in [7, 11) is 2.01. The van der Waals surface area contributed by atoms with E-state index in [-0.39, 0.29) is 5.82 Å². The summed E-state index contributed by atoms with van der Waals surface area (Å²) < 4.78 is 15.4. The maximum Gasteiger partial charge on any atom is 0.123 e. The zero-order valence-corrected chi connectivity index (χ0v) is 9.33. The molecule has 1 aliphatic carbocycles. The molecular weight excluding hydrogens is 203 g/mol. The summed E-state index contributed by atoms with van der Waals surface area (Å²) in [6.07, 6.45) is 2.42. The summed E-state index contributed by atoms with van der Waals surface area (Å²) >= 11 is 0. The van der Waals surface area contributed by atoms with Gasteiger partial charge < -0.3 is 10.3 Å². The van der Waals surface area contributed by atoms with Gasteiger partial charge in [0, 0.05) is 30.2 Å². The molecule has 3 heteroatoms. The van der Waals surface area contributed by atoms with Crippen LogP contribution in [-0.2, 0) is 13.6 Å². The standard InChI is InChI=1S/C13H15FN2/c1-16-11-5-4-9(14)6-10(11)13(8-2-3-8)12(16)7-15/h4-6,8H,2-3,7,15H2,1H3. The minimum Gasteiger partial charge on any atom is -0.346 e. The van der Waals surface area contributed by atoms with Crippen LogP contribution in [0.4, 0.5) is 4.39 Å². The number of benzene rings is 1. The number of halogens is 1. The third kappa shape index (κ3) is 1.28. The second-order valence-electron chi connectivity index (χ2n) is 4.56. The van der Waals surface area contributed by atoms with Gasteiger partial charge in [-0.1, -0.05) is 0 Å². The summed E-state index contributed by atoms with van der Waals surface area (Å²) in [5, 5.41) is 1.05. The van der Waals surface area contributed by atoms with E-state index in [2.05, 4.69) is 4.57 Å². The fourth-order valence-corrected chi connectivity index (χ4v) is 2.57. The van der Waals surface area contributed by atoms with Crippen LogP contribution >= 0.6 is 0 Å². The molecule has 0 unspecified atom stereocenters. The minimum atomic E-state index is -0.163. The number of fused-ring (bicyclic) bond motifs is 1. The average Bonchev–Trinajstić information content (AvgIpc) is 3.05. The Kier molecular flexibility index (Phi) is 2.04. The molecule has 1 aliphatic rings. The fourth-order valence-electron chi connectivity index (χ4n) is 2.57. The Labute approximate surface area is 93.9 Å². The van der Waals surface area contributed by atoms with E-state index in [4.69, 9.17) is 5.73 Å². The average molecular weight is 218 g/mol. The van der Waals surface area contributed by atoms with Gasteiger partial charge in [0.25, 0.3) is 0 Å². The molecule has 16 heavy (non-hydrogen) atoms. The summed E-state index contributed by atoms with van der Waals surface area (Å²) in [6, 6.07) is 5.00. The third-order valence-electron chi connectivity index (χ3n) is 3.50. The molecule has 0 aliphatic heterocycles. The van der Waals surface area contributed by atoms with Gasteiger partial charge in [-0.15, -0.1) is 0 Å². The Bertz CT molecular complexity index is 553. The second-order valence-corrected chi connectivity index (χ2v) is 4.56. The van der Waals surface area contributed by atoms with Gasteiger partial charge in [0.1, 0.15) is 5.82 Å². The summed E-state index contributed by atoms with van der Waals surface area (Å²) in [6.45, 7) is 0.526. The lowest BCUT2D eigenvalue weighted by Crippen LogP contribution is -2.05. The highest BCUT2D eigenvalue weighted by molar-refractivity contribution is 5.86. The molecule has 2 N–H and O–H groups in total. The van der Waals surface area contributed by atoms with Crippen LogP contribution in [0, 0.1) is 5.82 Å². The Balaban J connectivity index is 2.37. The normalized spacial score (nSPS) is 15.9. The van der Waals surface area contributed by atoms with Crippen molar-refractivity contribution < 1.29 is 4.39 Å². The lowest BCUT2D eigenvalue weighted by atomic mass is 10.1. The van der Waals surface area contributed by atoms with Crippen molar-refractivity contribution in [3.8, 4) is 0 Å². The number of nitrogens with two attached hydrogens (primary N) is 1. The van der Waals surface area contributed by atoms with Crippen LogP contribution in [-0.4, -0.2) is 4.57 Å². The zero-order chi connectivity index (χ0) is 11.3. The maximum absolute atomic E-state index is 13.3. The van der Waals surface area contributed by atoms with Crippen LogP contribution in [0.1, 0.15) is 30.0 Å². The SMILES string of the molecule is Cn1c(CN)c(C2CC2)c2cc(F)ccc21. The smallest absolute Gasteiger partial charge is 0.123 e. The molecular formula is C13H15FN2. The minimum absolute atomic E-state index is 0.163. The molecule has 0 radical (unpaired) electrons. The summed E-state index contributed by atoms with van der Waals surface area (Å²) in [4.78, 5) is 0. The highest BCUT2D eigenvalue weighted by atomic mass is 19.1. The second kappa shape index (κ2) is 3.32. The van der Waals surface area contributed by atoms with Gasteiger partial charge in [0.2, 0.25) is 0 Å². The van der Waals surface area contributed by atoms with E-state index in [1.807, 2.05) is 13.1 Å². The van der Waals surface area contributed by atoms with Crippen molar-refractivity contribution in [2.24, 2.45) is 12.8 Å². The molecule has 3 rings (SSSR count). The number of aryl methyl sites for hydroxylation is 1. The first-order valence-corrected chi connectivity index (χ1v) is 5.69. The molecule has 0 atom stereocenters. The Morgan fingerprint density at radius 1 is 1.44 bits per heavy atom. The first-order valence-electron chi connectivity index (χ1n) is 5.69. The van der Waals surface area contributed by atoms with Crippen LogP contribution in [0.3, 0.4) is 0 Å². The predicted octanol–water partition coefficient (Wildman–Crippen LogP) is 2.65. The van der Waals surface area contributed by atoms with Crippen LogP contribution in [0.15, 0.2) is 18.2 Å². The quantitative estimate of drug-likeness (QED) is 0.825. The molecule has 1 fully saturated rings. The Morgan fingerprint density at radius 2 is 2.19 bits per heavy atom. The maximum atomic E-state index is 13.3. The molecule has 2 aromatic rings. The van der Waals surface area contributed by atoms with Gasteiger partial charge in [0.05, 0.1) is 0 Å². The summed E-state index contributed by atoms with van der Waals surface area (Å²) in [5.74, 6) is 0.438. The monoisotopic (exact) mass is 218 g/mol. The fraction of sp³-hybridized carbons (Fsp3) is 0.385. The van der Waals surface area contributed by atoms with Crippen molar-refractivity contribution in [3.63, 3.8) is 0 Å². The molecule has 1 aromatic carbocycles. The summed E-state index contributed by atoms with van der Waals surface area (Å²) in [5.41, 5.74) is 9.32. The highest BCUT2D eigenvalue weighted by Crippen LogP contribution is 2.45. The van der Waals surface area contributed by atoms with Crippen LogP contribution in [0.2, 0.25) is 0 Å². The van der Waals surface area contributed by atoms with Crippen molar-refractivity contribution in [2.45, 2.75) is 25.3 Å². The lowest BCUT2D eigenvalue weighted by Gasteiger charge is -2.03. The number of rotatable bonds is 2. The van der Waals surface area contributed by atoms with E-state index in [0.717, 1.165) is 16.6 Å². The lowest BCUT2D eigenvalue weighted by molar-refractivity contribution is 0.629. The highest BCUT2D eigenvalue weighted by Gasteiger charge is 2.30. The number of nitrogens with zero attached hydrogens (tertiary/aromatic N) is 1. The molecule has 0 amide bonds. The van der Waals surface area contributed by atoms with Gasteiger partial charge in [-0.05, 0) is 42.5 Å². The van der Waals surface area contributed by atoms with Crippen molar-refractivity contribution in [2.75, 3.05) is 0 Å². The first-order chi connectivity index (χ1) is 7.72. The van der Waals surface area contributed by atoms with E-state index < -0.39 is 0 Å². The van der Waals surface area contributed by atoms with Crippen LogP contribution in [0.25, 0.3) is 10.9 Å². The van der Waals surface area contributed by atoms with E-state index in [0.29, 0.717) is 12.5 Å². The van der Waals surface area contributed by atoms with Gasteiger partial charge in [-0.25, -0.2) is 4.39 Å². The van der Waals surface area contributed by atoms with Crippen molar-refractivity contribution in [1.29, 1.82) is 0 Å². The van der Waals surface area contributed by atoms with E-state index in [9.17, 15) is 4.39 Å². The van der Waals surface area contributed by atoms with Gasteiger partial charge in [-0.3, -0.25) is 0 Å². The third-order valence-corrected chi connectivity index (χ3v) is 3.50. The molecule has 1 aromatic heterocycles. The molecule has 0 bridgehead atoms. The predicted molar refractivity (Wildman–Crippen MR) is 62.7 cm³/mol. The molecule has 0 spiro atoms. The Morgan fingerprint density at radius 3 is 2.81 bits per heavy atom. The van der Waals surface area contributed by atoms with E-state index >= 15 is 0 Å². The molecule has 2 nitrogen and oxygen atoms in total.